The van der Waals surface area contributed by atoms with Crippen LogP contribution >= 0.6 is 0 Å². The van der Waals surface area contributed by atoms with Gasteiger partial charge in [0.1, 0.15) is 5.69 Å². The van der Waals surface area contributed by atoms with E-state index in [-0.39, 0.29) is 0 Å². The van der Waals surface area contributed by atoms with Crippen molar-refractivity contribution >= 4 is 12.3 Å². The highest BCUT2D eigenvalue weighted by Gasteiger charge is 2.03. The van der Waals surface area contributed by atoms with E-state index in [0.29, 0.717) is 0 Å². The molecule has 0 saturated carbocycles. The largest absolute Gasteiger partial charge is 0.294 e. The molecule has 0 fully saturated rings. The lowest BCUT2D eigenvalue weighted by Gasteiger charge is -2.03. The number of aliphatic imine (C=N–C) groups is 1. The topological polar surface area (TPSA) is 38.1 Å². The average Bonchev–Trinajstić information content (AvgIpc) is 2.11. The first-order valence-electron chi connectivity index (χ1n) is 4.09. The first-order chi connectivity index (χ1) is 6.19. The second-order valence-corrected chi connectivity index (χ2v) is 2.76. The highest BCUT2D eigenvalue weighted by molar-refractivity contribution is 5.81. The van der Waals surface area contributed by atoms with E-state index in [4.69, 9.17) is 0 Å². The van der Waals surface area contributed by atoms with Crippen molar-refractivity contribution in [1.29, 1.82) is 0 Å². The van der Waals surface area contributed by atoms with Crippen LogP contribution in [-0.4, -0.2) is 23.2 Å². The zero-order valence-corrected chi connectivity index (χ0v) is 8.20. The van der Waals surface area contributed by atoms with E-state index < -0.39 is 0 Å². The van der Waals surface area contributed by atoms with Crippen LogP contribution in [-0.2, 0) is 0 Å². The molecule has 1 aromatic rings. The molecule has 0 N–H and O–H groups in total. The molecular formula is C10H13N3. The molecule has 0 bridgehead atoms. The second kappa shape index (κ2) is 3.94. The predicted octanol–water partition coefficient (Wildman–Crippen LogP) is 1.79. The average molecular weight is 175 g/mol. The van der Waals surface area contributed by atoms with Crippen LogP contribution in [0.1, 0.15) is 22.8 Å². The van der Waals surface area contributed by atoms with Gasteiger partial charge in [0.2, 0.25) is 0 Å². The molecule has 0 aliphatic carbocycles. The Bertz CT molecular complexity index is 353. The summed E-state index contributed by atoms with van der Waals surface area (Å²) >= 11 is 0. The van der Waals surface area contributed by atoms with Crippen molar-refractivity contribution in [3.63, 3.8) is 0 Å². The fourth-order valence-electron chi connectivity index (χ4n) is 1.01. The van der Waals surface area contributed by atoms with Gasteiger partial charge in [-0.3, -0.25) is 4.99 Å². The summed E-state index contributed by atoms with van der Waals surface area (Å²) in [6.45, 7) is 7.55. The van der Waals surface area contributed by atoms with Crippen LogP contribution in [0.4, 0.5) is 0 Å². The molecule has 1 heterocycles. The number of hydrogen-bond donors (Lipinski definition) is 0. The van der Waals surface area contributed by atoms with Gasteiger partial charge in [-0.05, 0) is 19.9 Å². The summed E-state index contributed by atoms with van der Waals surface area (Å²) in [5, 5.41) is 0. The van der Waals surface area contributed by atoms with E-state index in [1.54, 1.807) is 19.3 Å². The first kappa shape index (κ1) is 9.58. The zero-order valence-electron chi connectivity index (χ0n) is 8.20. The van der Waals surface area contributed by atoms with Crippen molar-refractivity contribution in [2.75, 3.05) is 7.05 Å². The van der Waals surface area contributed by atoms with Gasteiger partial charge in [-0.25, -0.2) is 9.97 Å². The quantitative estimate of drug-likeness (QED) is 0.643. The molecule has 0 radical (unpaired) electrons. The van der Waals surface area contributed by atoms with Gasteiger partial charge in [0.15, 0.2) is 0 Å². The fraction of sp³-hybridized carbons (Fsp3) is 0.300. The summed E-state index contributed by atoms with van der Waals surface area (Å²) in [4.78, 5) is 12.6. The fourth-order valence-corrected chi connectivity index (χ4v) is 1.01. The molecule has 0 spiro atoms. The minimum absolute atomic E-state index is 0.778. The monoisotopic (exact) mass is 175 g/mol. The summed E-state index contributed by atoms with van der Waals surface area (Å²) in [6, 6.07) is 0. The Morgan fingerprint density at radius 3 is 2.15 bits per heavy atom. The van der Waals surface area contributed by atoms with Crippen molar-refractivity contribution in [3.8, 4) is 0 Å². The Balaban J connectivity index is 3.32. The lowest BCUT2D eigenvalue weighted by molar-refractivity contribution is 1.03. The zero-order chi connectivity index (χ0) is 9.84. The maximum Gasteiger partial charge on any atom is 0.107 e. The molecule has 0 amide bonds. The summed E-state index contributed by atoms with van der Waals surface area (Å²) in [6.07, 6.45) is 3.38. The molecule has 1 aromatic heterocycles. The lowest BCUT2D eigenvalue weighted by atomic mass is 10.2. The molecule has 0 aliphatic rings. The number of hydrogen-bond acceptors (Lipinski definition) is 3. The van der Waals surface area contributed by atoms with E-state index in [0.717, 1.165) is 22.8 Å². The highest BCUT2D eigenvalue weighted by Crippen LogP contribution is 2.07. The van der Waals surface area contributed by atoms with Crippen LogP contribution in [0.15, 0.2) is 11.6 Å². The summed E-state index contributed by atoms with van der Waals surface area (Å²) < 4.78 is 0. The van der Waals surface area contributed by atoms with Gasteiger partial charge in [-0.1, -0.05) is 6.58 Å². The van der Waals surface area contributed by atoms with Gasteiger partial charge in [0.05, 0.1) is 17.1 Å². The molecule has 3 nitrogen and oxygen atoms in total. The Kier molecular flexibility index (Phi) is 2.90. The highest BCUT2D eigenvalue weighted by atomic mass is 14.8. The normalized spacial score (nSPS) is 10.7. The van der Waals surface area contributed by atoms with Crippen molar-refractivity contribution in [3.05, 3.63) is 29.4 Å². The number of aromatic nitrogens is 2. The van der Waals surface area contributed by atoms with Crippen molar-refractivity contribution in [2.45, 2.75) is 13.8 Å². The third-order valence-corrected chi connectivity index (χ3v) is 1.81. The molecule has 0 aliphatic heterocycles. The molecule has 0 atom stereocenters. The molecule has 1 rings (SSSR count). The minimum atomic E-state index is 0.778. The summed E-state index contributed by atoms with van der Waals surface area (Å²) in [7, 11) is 1.71. The molecule has 13 heavy (non-hydrogen) atoms. The predicted molar refractivity (Wildman–Crippen MR) is 55.1 cm³/mol. The maximum absolute atomic E-state index is 4.35. The van der Waals surface area contributed by atoms with Crippen LogP contribution in [0, 0.1) is 13.8 Å². The van der Waals surface area contributed by atoms with Gasteiger partial charge in [-0.15, -0.1) is 0 Å². The van der Waals surface area contributed by atoms with Gasteiger partial charge >= 0.3 is 0 Å². The lowest BCUT2D eigenvalue weighted by Crippen LogP contribution is -2.01. The van der Waals surface area contributed by atoms with E-state index in [9.17, 15) is 0 Å². The van der Waals surface area contributed by atoms with Gasteiger partial charge in [0.25, 0.3) is 0 Å². The van der Waals surface area contributed by atoms with Crippen molar-refractivity contribution in [1.82, 2.24) is 9.97 Å². The molecular weight excluding hydrogens is 162 g/mol. The van der Waals surface area contributed by atoms with Crippen LogP contribution in [0.5, 0.6) is 0 Å². The summed E-state index contributed by atoms with van der Waals surface area (Å²) in [5.41, 5.74) is 3.43. The third-order valence-electron chi connectivity index (χ3n) is 1.81. The first-order valence-corrected chi connectivity index (χ1v) is 4.09. The van der Waals surface area contributed by atoms with Gasteiger partial charge < -0.3 is 0 Å². The number of aryl methyl sites for hydroxylation is 2. The molecule has 3 heteroatoms. The van der Waals surface area contributed by atoms with E-state index in [2.05, 4.69) is 21.5 Å². The van der Waals surface area contributed by atoms with E-state index in [1.165, 1.54) is 0 Å². The number of nitrogens with zero attached hydrogens (tertiary/aromatic N) is 3. The standard InChI is InChI=1S/C10H13N3/c1-5-9-10(6-11-4)13-8(3)7(2)12-9/h5-6H,1H2,2-4H3. The maximum atomic E-state index is 4.35. The summed E-state index contributed by atoms with van der Waals surface area (Å²) in [5.74, 6) is 0. The smallest absolute Gasteiger partial charge is 0.107 e. The Morgan fingerprint density at radius 1 is 1.15 bits per heavy atom. The second-order valence-electron chi connectivity index (χ2n) is 2.76. The number of rotatable bonds is 2. The molecule has 0 unspecified atom stereocenters. The molecule has 0 saturated heterocycles. The Labute approximate surface area is 78.3 Å². The van der Waals surface area contributed by atoms with Crippen LogP contribution in [0.2, 0.25) is 0 Å². The van der Waals surface area contributed by atoms with Crippen LogP contribution < -0.4 is 0 Å². The molecule has 0 aromatic carbocycles. The van der Waals surface area contributed by atoms with Crippen LogP contribution in [0.3, 0.4) is 0 Å². The van der Waals surface area contributed by atoms with E-state index in [1.807, 2.05) is 13.8 Å². The van der Waals surface area contributed by atoms with Gasteiger partial charge in [0, 0.05) is 13.3 Å². The minimum Gasteiger partial charge on any atom is -0.294 e. The van der Waals surface area contributed by atoms with Gasteiger partial charge in [-0.2, -0.15) is 0 Å². The van der Waals surface area contributed by atoms with E-state index >= 15 is 0 Å². The Hall–Kier alpha value is -1.51. The van der Waals surface area contributed by atoms with Crippen molar-refractivity contribution < 1.29 is 0 Å². The SMILES string of the molecule is C=Cc1nc(C)c(C)nc1C=NC. The third kappa shape index (κ3) is 1.99. The Morgan fingerprint density at radius 2 is 1.69 bits per heavy atom. The molecule has 68 valence electrons. The van der Waals surface area contributed by atoms with Crippen LogP contribution in [0.25, 0.3) is 6.08 Å². The van der Waals surface area contributed by atoms with Crippen molar-refractivity contribution in [2.24, 2.45) is 4.99 Å².